The van der Waals surface area contributed by atoms with Crippen LogP contribution in [0.2, 0.25) is 0 Å². The Labute approximate surface area is 178 Å². The first-order chi connectivity index (χ1) is 14.4. The maximum absolute atomic E-state index is 14.3. The van der Waals surface area contributed by atoms with Crippen LogP contribution in [0.4, 0.5) is 4.39 Å². The van der Waals surface area contributed by atoms with E-state index in [-0.39, 0.29) is 11.8 Å². The minimum atomic E-state index is -0.429. The maximum Gasteiger partial charge on any atom is 0.310 e. The monoisotopic (exact) mass is 405 g/mol. The third-order valence-electron chi connectivity index (χ3n) is 5.92. The van der Waals surface area contributed by atoms with Crippen molar-refractivity contribution >= 4 is 5.97 Å². The van der Waals surface area contributed by atoms with E-state index in [1.165, 1.54) is 30.0 Å². The Kier molecular flexibility index (Phi) is 5.66. The molecule has 30 heavy (non-hydrogen) atoms. The Morgan fingerprint density at radius 1 is 1.17 bits per heavy atom. The summed E-state index contributed by atoms with van der Waals surface area (Å²) in [6.45, 7) is 8.72. The molecule has 1 aliphatic carbocycles. The second-order valence-electron chi connectivity index (χ2n) is 8.93. The van der Waals surface area contributed by atoms with Crippen LogP contribution in [-0.4, -0.2) is 30.1 Å². The van der Waals surface area contributed by atoms with Gasteiger partial charge in [-0.05, 0) is 60.7 Å². The summed E-state index contributed by atoms with van der Waals surface area (Å²) in [6.07, 6.45) is 2.58. The molecule has 2 aliphatic rings. The molecule has 0 atom stereocenters. The first-order valence-electron chi connectivity index (χ1n) is 10.7. The second-order valence-corrected chi connectivity index (χ2v) is 8.93. The summed E-state index contributed by atoms with van der Waals surface area (Å²) in [4.78, 5) is 14.2. The van der Waals surface area contributed by atoms with Crippen molar-refractivity contribution in [2.75, 3.05) is 13.2 Å². The number of carbonyl (C=O) groups excluding carboxylic acids is 1. The van der Waals surface area contributed by atoms with Crippen molar-refractivity contribution < 1.29 is 13.9 Å². The molecule has 0 bridgehead atoms. The third kappa shape index (κ3) is 4.57. The Balaban J connectivity index is 1.52. The quantitative estimate of drug-likeness (QED) is 0.551. The zero-order valence-electron chi connectivity index (χ0n) is 17.9. The van der Waals surface area contributed by atoms with Crippen molar-refractivity contribution in [3.63, 3.8) is 0 Å². The van der Waals surface area contributed by atoms with Gasteiger partial charge in [0.25, 0.3) is 0 Å². The number of halogens is 1. The summed E-state index contributed by atoms with van der Waals surface area (Å²) in [5.41, 5.74) is 4.71. The van der Waals surface area contributed by atoms with Crippen molar-refractivity contribution in [2.45, 2.75) is 58.0 Å². The fraction of sp³-hybridized carbons (Fsp3) is 0.423. The summed E-state index contributed by atoms with van der Waals surface area (Å²) in [5, 5.41) is 0. The number of hydrogen-bond donors (Lipinski definition) is 0. The molecule has 0 unspecified atom stereocenters. The molecule has 4 rings (SSSR count). The molecule has 156 valence electrons. The van der Waals surface area contributed by atoms with Crippen LogP contribution in [0.3, 0.4) is 0 Å². The van der Waals surface area contributed by atoms with Gasteiger partial charge in [-0.2, -0.15) is 0 Å². The molecule has 2 aromatic rings. The number of rotatable bonds is 4. The van der Waals surface area contributed by atoms with Gasteiger partial charge in [0.2, 0.25) is 0 Å². The molecule has 0 spiro atoms. The smallest absolute Gasteiger partial charge is 0.310 e. The molecular weight excluding hydrogens is 377 g/mol. The van der Waals surface area contributed by atoms with E-state index in [4.69, 9.17) is 4.74 Å². The van der Waals surface area contributed by atoms with E-state index in [0.29, 0.717) is 17.7 Å². The van der Waals surface area contributed by atoms with Crippen LogP contribution >= 0.6 is 0 Å². The second kappa shape index (κ2) is 8.24. The first-order valence-corrected chi connectivity index (χ1v) is 10.7. The van der Waals surface area contributed by atoms with Gasteiger partial charge in [0.1, 0.15) is 5.82 Å². The number of hydrogen-bond acceptors (Lipinski definition) is 3. The Bertz CT molecular complexity index is 1030. The number of benzene rings is 2. The molecule has 2 aromatic carbocycles. The van der Waals surface area contributed by atoms with Crippen molar-refractivity contribution in [3.8, 4) is 11.8 Å². The summed E-state index contributed by atoms with van der Waals surface area (Å²) >= 11 is 0. The van der Waals surface area contributed by atoms with E-state index in [2.05, 4.69) is 48.8 Å². The topological polar surface area (TPSA) is 29.5 Å². The van der Waals surface area contributed by atoms with E-state index in [1.54, 1.807) is 19.1 Å². The van der Waals surface area contributed by atoms with Gasteiger partial charge in [-0.15, -0.1) is 0 Å². The van der Waals surface area contributed by atoms with E-state index < -0.39 is 11.8 Å². The Morgan fingerprint density at radius 2 is 1.87 bits per heavy atom. The van der Waals surface area contributed by atoms with Crippen LogP contribution in [-0.2, 0) is 27.9 Å². The highest BCUT2D eigenvalue weighted by molar-refractivity contribution is 5.72. The minimum Gasteiger partial charge on any atom is -0.466 e. The van der Waals surface area contributed by atoms with Gasteiger partial charge in [0.05, 0.1) is 13.0 Å². The van der Waals surface area contributed by atoms with Crippen LogP contribution in [0.15, 0.2) is 36.4 Å². The standard InChI is InChI=1S/C26H28FNO2/c1-4-30-25(29)15-20-9-7-19(14-24(20)27)6-5-18-8-10-21-16-28(22-11-12-22)17-26(2,3)23(21)13-18/h7-10,13-14,22H,4,11-12,15-17H2,1-3H3. The highest BCUT2D eigenvalue weighted by atomic mass is 19.1. The zero-order valence-corrected chi connectivity index (χ0v) is 17.9. The van der Waals surface area contributed by atoms with E-state index in [0.717, 1.165) is 24.7 Å². The molecule has 0 aromatic heterocycles. The molecule has 3 nitrogen and oxygen atoms in total. The van der Waals surface area contributed by atoms with E-state index in [9.17, 15) is 9.18 Å². The molecule has 0 amide bonds. The molecule has 0 N–H and O–H groups in total. The number of nitrogens with zero attached hydrogens (tertiary/aromatic N) is 1. The molecule has 1 aliphatic heterocycles. The lowest BCUT2D eigenvalue weighted by atomic mass is 9.77. The summed E-state index contributed by atoms with van der Waals surface area (Å²) < 4.78 is 19.2. The maximum atomic E-state index is 14.3. The lowest BCUT2D eigenvalue weighted by Gasteiger charge is -2.40. The molecule has 4 heteroatoms. The van der Waals surface area contributed by atoms with Gasteiger partial charge < -0.3 is 4.74 Å². The predicted molar refractivity (Wildman–Crippen MR) is 116 cm³/mol. The fourth-order valence-corrected chi connectivity index (χ4v) is 4.27. The molecule has 0 saturated heterocycles. The van der Waals surface area contributed by atoms with Crippen LogP contribution in [0.25, 0.3) is 0 Å². The average molecular weight is 406 g/mol. The molecular formula is C26H28FNO2. The predicted octanol–water partition coefficient (Wildman–Crippen LogP) is 4.59. The summed E-state index contributed by atoms with van der Waals surface area (Å²) in [7, 11) is 0. The zero-order chi connectivity index (χ0) is 21.3. The van der Waals surface area contributed by atoms with Crippen LogP contribution in [0.5, 0.6) is 0 Å². The van der Waals surface area contributed by atoms with Crippen molar-refractivity contribution in [1.29, 1.82) is 0 Å². The minimum absolute atomic E-state index is 0.0643. The fourth-order valence-electron chi connectivity index (χ4n) is 4.27. The number of carbonyl (C=O) groups is 1. The summed E-state index contributed by atoms with van der Waals surface area (Å²) in [6, 6.07) is 12.0. The molecule has 1 fully saturated rings. The average Bonchev–Trinajstić information content (AvgIpc) is 3.53. The van der Waals surface area contributed by atoms with Crippen molar-refractivity contribution in [3.05, 3.63) is 70.0 Å². The Morgan fingerprint density at radius 3 is 2.53 bits per heavy atom. The molecule has 1 heterocycles. The lowest BCUT2D eigenvalue weighted by molar-refractivity contribution is -0.142. The van der Waals surface area contributed by atoms with Crippen LogP contribution in [0.1, 0.15) is 61.4 Å². The van der Waals surface area contributed by atoms with Gasteiger partial charge in [-0.25, -0.2) is 4.39 Å². The Hall–Kier alpha value is -2.64. The lowest BCUT2D eigenvalue weighted by Crippen LogP contribution is -2.43. The largest absolute Gasteiger partial charge is 0.466 e. The van der Waals surface area contributed by atoms with E-state index >= 15 is 0 Å². The highest BCUT2D eigenvalue weighted by Gasteiger charge is 2.38. The van der Waals surface area contributed by atoms with Gasteiger partial charge in [-0.3, -0.25) is 9.69 Å². The first kappa shape index (κ1) is 20.6. The van der Waals surface area contributed by atoms with Crippen LogP contribution < -0.4 is 0 Å². The normalized spacial score (nSPS) is 17.6. The van der Waals surface area contributed by atoms with Gasteiger partial charge >= 0.3 is 5.97 Å². The highest BCUT2D eigenvalue weighted by Crippen LogP contribution is 2.39. The third-order valence-corrected chi connectivity index (χ3v) is 5.92. The number of esters is 1. The summed E-state index contributed by atoms with van der Waals surface area (Å²) in [5.74, 6) is 5.39. The van der Waals surface area contributed by atoms with Gasteiger partial charge in [0, 0.05) is 35.7 Å². The number of fused-ring (bicyclic) bond motifs is 1. The van der Waals surface area contributed by atoms with Gasteiger partial charge in [-0.1, -0.05) is 37.8 Å². The number of ether oxygens (including phenoxy) is 1. The van der Waals surface area contributed by atoms with E-state index in [1.807, 2.05) is 0 Å². The van der Waals surface area contributed by atoms with Crippen molar-refractivity contribution in [2.24, 2.45) is 0 Å². The molecule has 1 saturated carbocycles. The van der Waals surface area contributed by atoms with Gasteiger partial charge in [0.15, 0.2) is 0 Å². The molecule has 0 radical (unpaired) electrons. The SMILES string of the molecule is CCOC(=O)Cc1ccc(C#Cc2ccc3c(c2)C(C)(C)CN(C2CC2)C3)cc1F. The van der Waals surface area contributed by atoms with Crippen molar-refractivity contribution in [1.82, 2.24) is 4.90 Å². The van der Waals surface area contributed by atoms with Crippen LogP contribution in [0, 0.1) is 17.7 Å².